The number of aryl methyl sites for hydroxylation is 1. The van der Waals surface area contributed by atoms with E-state index in [1.165, 1.54) is 7.11 Å². The Morgan fingerprint density at radius 3 is 2.58 bits per heavy atom. The fourth-order valence-corrected chi connectivity index (χ4v) is 4.26. The van der Waals surface area contributed by atoms with Crippen LogP contribution in [0.1, 0.15) is 59.4 Å². The molecule has 2 aromatic carbocycles. The standard InChI is InChI=1S/C28H31N3O5/c1-6-35-24-9-7-8-21-16-25(36-27(21)24)18(3)29-28(33)20-10-12-22(13-11-20)31-19(4)23(17(2)30-31)14-15-26(32)34-5/h7-13,16,18H,6,14-15H2,1-5H3,(H,29,33). The molecule has 4 aromatic rings. The number of methoxy groups -OCH3 is 1. The maximum absolute atomic E-state index is 12.9. The molecule has 0 radical (unpaired) electrons. The molecule has 1 unspecified atom stereocenters. The second-order valence-electron chi connectivity index (χ2n) is 8.64. The van der Waals surface area contributed by atoms with Gasteiger partial charge in [-0.2, -0.15) is 5.10 Å². The fraction of sp³-hybridized carbons (Fsp3) is 0.321. The number of carbonyl (C=O) groups excluding carboxylic acids is 2. The number of aromatic nitrogens is 2. The van der Waals surface area contributed by atoms with Crippen molar-refractivity contribution in [3.63, 3.8) is 0 Å². The monoisotopic (exact) mass is 489 g/mol. The van der Waals surface area contributed by atoms with Gasteiger partial charge in [-0.05, 0) is 76.1 Å². The lowest BCUT2D eigenvalue weighted by Gasteiger charge is -2.12. The molecule has 0 saturated carbocycles. The zero-order valence-electron chi connectivity index (χ0n) is 21.3. The minimum Gasteiger partial charge on any atom is -0.490 e. The van der Waals surface area contributed by atoms with Crippen LogP contribution >= 0.6 is 0 Å². The number of esters is 1. The van der Waals surface area contributed by atoms with E-state index in [9.17, 15) is 9.59 Å². The van der Waals surface area contributed by atoms with Crippen LogP contribution in [-0.2, 0) is 16.0 Å². The number of furan rings is 1. The Bertz CT molecular complexity index is 1380. The zero-order chi connectivity index (χ0) is 25.8. The minimum atomic E-state index is -0.326. The van der Waals surface area contributed by atoms with Gasteiger partial charge >= 0.3 is 5.97 Å². The van der Waals surface area contributed by atoms with Crippen molar-refractivity contribution in [3.05, 3.63) is 76.8 Å². The van der Waals surface area contributed by atoms with Gasteiger partial charge < -0.3 is 19.2 Å². The van der Waals surface area contributed by atoms with E-state index in [2.05, 4.69) is 10.4 Å². The third-order valence-electron chi connectivity index (χ3n) is 6.22. The minimum absolute atomic E-state index is 0.202. The van der Waals surface area contributed by atoms with Gasteiger partial charge in [-0.15, -0.1) is 0 Å². The van der Waals surface area contributed by atoms with Gasteiger partial charge in [0.15, 0.2) is 11.3 Å². The summed E-state index contributed by atoms with van der Waals surface area (Å²) >= 11 is 0. The zero-order valence-corrected chi connectivity index (χ0v) is 21.3. The lowest BCUT2D eigenvalue weighted by molar-refractivity contribution is -0.140. The first-order valence-corrected chi connectivity index (χ1v) is 12.0. The highest BCUT2D eigenvalue weighted by molar-refractivity contribution is 5.94. The predicted molar refractivity (Wildman–Crippen MR) is 137 cm³/mol. The number of para-hydroxylation sites is 1. The number of carbonyl (C=O) groups is 2. The van der Waals surface area contributed by atoms with E-state index in [1.54, 1.807) is 12.1 Å². The van der Waals surface area contributed by atoms with Gasteiger partial charge in [0.1, 0.15) is 5.76 Å². The van der Waals surface area contributed by atoms with Crippen LogP contribution in [0.15, 0.2) is 52.9 Å². The highest BCUT2D eigenvalue weighted by Gasteiger charge is 2.18. The van der Waals surface area contributed by atoms with E-state index in [-0.39, 0.29) is 17.9 Å². The number of nitrogens with zero attached hydrogens (tertiary/aromatic N) is 2. The van der Waals surface area contributed by atoms with E-state index in [1.807, 2.05) is 68.8 Å². The van der Waals surface area contributed by atoms with Gasteiger partial charge in [0.25, 0.3) is 5.91 Å². The van der Waals surface area contributed by atoms with Crippen LogP contribution in [0.5, 0.6) is 5.75 Å². The SMILES string of the molecule is CCOc1cccc2cc(C(C)NC(=O)c3ccc(-n4nc(C)c(CCC(=O)OC)c4C)cc3)oc12. The summed E-state index contributed by atoms with van der Waals surface area (Å²) in [5, 5.41) is 8.56. The third kappa shape index (κ3) is 5.12. The predicted octanol–water partition coefficient (Wildman–Crippen LogP) is 5.23. The highest BCUT2D eigenvalue weighted by atomic mass is 16.5. The first-order chi connectivity index (χ1) is 17.3. The quantitative estimate of drug-likeness (QED) is 0.324. The lowest BCUT2D eigenvalue weighted by Crippen LogP contribution is -2.26. The summed E-state index contributed by atoms with van der Waals surface area (Å²) in [4.78, 5) is 24.5. The molecule has 0 fully saturated rings. The van der Waals surface area contributed by atoms with Gasteiger partial charge in [-0.25, -0.2) is 4.68 Å². The van der Waals surface area contributed by atoms with Crippen LogP contribution in [0.3, 0.4) is 0 Å². The van der Waals surface area contributed by atoms with Crippen molar-refractivity contribution < 1.29 is 23.5 Å². The Hall–Kier alpha value is -4.07. The van der Waals surface area contributed by atoms with Gasteiger partial charge in [0.2, 0.25) is 0 Å². The molecule has 8 nitrogen and oxygen atoms in total. The molecule has 2 aromatic heterocycles. The number of ether oxygens (including phenoxy) is 2. The Morgan fingerprint density at radius 1 is 1.14 bits per heavy atom. The second-order valence-corrected chi connectivity index (χ2v) is 8.64. The number of hydrogen-bond acceptors (Lipinski definition) is 6. The lowest BCUT2D eigenvalue weighted by atomic mass is 10.1. The molecule has 8 heteroatoms. The largest absolute Gasteiger partial charge is 0.490 e. The molecule has 0 aliphatic heterocycles. The van der Waals surface area contributed by atoms with E-state index < -0.39 is 0 Å². The number of benzene rings is 2. The molecule has 0 saturated heterocycles. The van der Waals surface area contributed by atoms with Crippen LogP contribution in [0.25, 0.3) is 16.7 Å². The van der Waals surface area contributed by atoms with Crippen molar-refractivity contribution >= 4 is 22.8 Å². The average molecular weight is 490 g/mol. The first-order valence-electron chi connectivity index (χ1n) is 12.0. The number of amides is 1. The summed E-state index contributed by atoms with van der Waals surface area (Å²) in [5.74, 6) is 0.896. The van der Waals surface area contributed by atoms with Crippen LogP contribution < -0.4 is 10.1 Å². The number of rotatable bonds is 9. The van der Waals surface area contributed by atoms with Crippen LogP contribution in [-0.4, -0.2) is 35.4 Å². The van der Waals surface area contributed by atoms with Gasteiger partial charge in [-0.1, -0.05) is 12.1 Å². The van der Waals surface area contributed by atoms with Gasteiger partial charge in [0.05, 0.1) is 31.1 Å². The molecule has 1 N–H and O–H groups in total. The van der Waals surface area contributed by atoms with E-state index in [0.717, 1.165) is 28.0 Å². The molecule has 0 aliphatic carbocycles. The molecule has 2 heterocycles. The molecule has 0 spiro atoms. The Kier molecular flexibility index (Phi) is 7.43. The molecule has 1 atom stereocenters. The number of nitrogens with one attached hydrogen (secondary N) is 1. The molecule has 188 valence electrons. The maximum Gasteiger partial charge on any atom is 0.305 e. The molecule has 4 rings (SSSR count). The molecule has 0 aliphatic rings. The number of fused-ring (bicyclic) bond motifs is 1. The summed E-state index contributed by atoms with van der Waals surface area (Å²) in [7, 11) is 1.39. The second kappa shape index (κ2) is 10.7. The van der Waals surface area contributed by atoms with Gasteiger partial charge in [-0.3, -0.25) is 9.59 Å². The number of hydrogen-bond donors (Lipinski definition) is 1. The van der Waals surface area contributed by atoms with Gasteiger partial charge in [0, 0.05) is 23.1 Å². The summed E-state index contributed by atoms with van der Waals surface area (Å²) < 4.78 is 18.2. The first kappa shape index (κ1) is 25.0. The average Bonchev–Trinajstić information content (AvgIpc) is 3.44. The fourth-order valence-electron chi connectivity index (χ4n) is 4.26. The van der Waals surface area contributed by atoms with E-state index in [0.29, 0.717) is 42.1 Å². The molecular formula is C28H31N3O5. The van der Waals surface area contributed by atoms with Crippen molar-refractivity contribution in [1.29, 1.82) is 0 Å². The van der Waals surface area contributed by atoms with Crippen molar-refractivity contribution in [2.24, 2.45) is 0 Å². The summed E-state index contributed by atoms with van der Waals surface area (Å²) in [6.45, 7) is 8.25. The van der Waals surface area contributed by atoms with Crippen LogP contribution in [0.2, 0.25) is 0 Å². The normalized spacial score (nSPS) is 11.9. The Labute approximate surface area is 210 Å². The summed E-state index contributed by atoms with van der Waals surface area (Å²) in [5.41, 5.74) is 4.89. The van der Waals surface area contributed by atoms with Crippen LogP contribution in [0.4, 0.5) is 0 Å². The smallest absolute Gasteiger partial charge is 0.305 e. The topological polar surface area (TPSA) is 95.6 Å². The maximum atomic E-state index is 12.9. The van der Waals surface area contributed by atoms with Crippen molar-refractivity contribution in [3.8, 4) is 11.4 Å². The van der Waals surface area contributed by atoms with Crippen molar-refractivity contribution in [1.82, 2.24) is 15.1 Å². The van der Waals surface area contributed by atoms with Crippen molar-refractivity contribution in [2.45, 2.75) is 46.6 Å². The molecular weight excluding hydrogens is 458 g/mol. The van der Waals surface area contributed by atoms with Crippen molar-refractivity contribution in [2.75, 3.05) is 13.7 Å². The molecule has 1 amide bonds. The van der Waals surface area contributed by atoms with Crippen LogP contribution in [0, 0.1) is 13.8 Å². The van der Waals surface area contributed by atoms with E-state index >= 15 is 0 Å². The summed E-state index contributed by atoms with van der Waals surface area (Å²) in [6, 6.07) is 14.6. The Balaban J connectivity index is 1.47. The molecule has 0 bridgehead atoms. The molecule has 36 heavy (non-hydrogen) atoms. The Morgan fingerprint density at radius 2 is 1.89 bits per heavy atom. The third-order valence-corrected chi connectivity index (χ3v) is 6.22. The summed E-state index contributed by atoms with van der Waals surface area (Å²) in [6.07, 6.45) is 0.871. The van der Waals surface area contributed by atoms with E-state index in [4.69, 9.17) is 13.9 Å². The highest BCUT2D eigenvalue weighted by Crippen LogP contribution is 2.31.